The van der Waals surface area contributed by atoms with E-state index in [0.29, 0.717) is 14.6 Å². The molecule has 0 bridgehead atoms. The van der Waals surface area contributed by atoms with Crippen LogP contribution in [0.5, 0.6) is 5.75 Å². The molecule has 2 rings (SSSR count). The molecule has 0 spiro atoms. The van der Waals surface area contributed by atoms with Crippen molar-refractivity contribution in [3.05, 3.63) is 21.1 Å². The van der Waals surface area contributed by atoms with Crippen LogP contribution in [0.15, 0.2) is 21.1 Å². The van der Waals surface area contributed by atoms with Crippen LogP contribution < -0.4 is 4.90 Å². The summed E-state index contributed by atoms with van der Waals surface area (Å²) in [7, 11) is 0. The molecule has 5 nitrogen and oxygen atoms in total. The topological polar surface area (TPSA) is 77.8 Å². The van der Waals surface area contributed by atoms with Gasteiger partial charge in [-0.3, -0.25) is 9.59 Å². The molecule has 7 heteroatoms. The van der Waals surface area contributed by atoms with Crippen LogP contribution in [-0.2, 0) is 9.59 Å². The number of rotatable bonds is 2. The Morgan fingerprint density at radius 3 is 2.33 bits per heavy atom. The molecule has 0 aromatic heterocycles. The summed E-state index contributed by atoms with van der Waals surface area (Å²) in [5.74, 6) is -1.83. The second kappa shape index (κ2) is 4.89. The number of aromatic hydroxyl groups is 1. The van der Waals surface area contributed by atoms with Crippen molar-refractivity contribution >= 4 is 49.4 Å². The summed E-state index contributed by atoms with van der Waals surface area (Å²) in [6.07, 6.45) is 0.00540. The van der Waals surface area contributed by atoms with E-state index in [1.165, 1.54) is 4.90 Å². The van der Waals surface area contributed by atoms with Gasteiger partial charge in [-0.1, -0.05) is 0 Å². The highest BCUT2D eigenvalue weighted by atomic mass is 79.9. The Labute approximate surface area is 120 Å². The van der Waals surface area contributed by atoms with Crippen LogP contribution in [0.25, 0.3) is 0 Å². The van der Waals surface area contributed by atoms with Crippen molar-refractivity contribution in [1.82, 2.24) is 0 Å². The molecule has 0 radical (unpaired) electrons. The summed E-state index contributed by atoms with van der Waals surface area (Å²) in [4.78, 5) is 24.1. The number of hydrogen-bond acceptors (Lipinski definition) is 3. The molecule has 0 aliphatic carbocycles. The number of phenols is 1. The number of phenolic OH excluding ortho intramolecular Hbond substituents is 1. The van der Waals surface area contributed by atoms with Crippen LogP contribution in [0, 0.1) is 5.92 Å². The number of benzene rings is 1. The van der Waals surface area contributed by atoms with Gasteiger partial charge in [0, 0.05) is 18.7 Å². The molecule has 1 atom stereocenters. The highest BCUT2D eigenvalue weighted by molar-refractivity contribution is 9.11. The molecule has 1 aromatic rings. The van der Waals surface area contributed by atoms with Gasteiger partial charge < -0.3 is 15.1 Å². The number of nitrogens with zero attached hydrogens (tertiary/aromatic N) is 1. The zero-order valence-electron chi connectivity index (χ0n) is 9.06. The van der Waals surface area contributed by atoms with Crippen LogP contribution >= 0.6 is 31.9 Å². The van der Waals surface area contributed by atoms with Gasteiger partial charge >= 0.3 is 5.97 Å². The number of carboxylic acids is 1. The number of amides is 1. The molecule has 1 aliphatic rings. The molecule has 1 saturated heterocycles. The Bertz CT molecular complexity index is 509. The van der Waals surface area contributed by atoms with Crippen LogP contribution in [0.2, 0.25) is 0 Å². The van der Waals surface area contributed by atoms with E-state index in [1.54, 1.807) is 12.1 Å². The molecular formula is C11H9Br2NO4. The zero-order valence-corrected chi connectivity index (χ0v) is 12.2. The first-order valence-electron chi connectivity index (χ1n) is 5.11. The van der Waals surface area contributed by atoms with Crippen molar-refractivity contribution in [2.45, 2.75) is 6.42 Å². The van der Waals surface area contributed by atoms with Gasteiger partial charge in [0.1, 0.15) is 5.75 Å². The van der Waals surface area contributed by atoms with E-state index in [1.807, 2.05) is 0 Å². The van der Waals surface area contributed by atoms with Crippen molar-refractivity contribution in [2.24, 2.45) is 5.92 Å². The van der Waals surface area contributed by atoms with E-state index < -0.39 is 11.9 Å². The molecule has 1 aliphatic heterocycles. The fourth-order valence-electron chi connectivity index (χ4n) is 1.83. The van der Waals surface area contributed by atoms with Crippen molar-refractivity contribution < 1.29 is 19.8 Å². The standard InChI is InChI=1S/C11H9Br2NO4/c12-7-2-6(3-8(13)10(7)16)14-4-5(11(17)18)1-9(14)15/h2-3,5,16H,1,4H2,(H,17,18)/t5-/m0/s1. The maximum atomic E-state index is 11.8. The largest absolute Gasteiger partial charge is 0.506 e. The fourth-order valence-corrected chi connectivity index (χ4v) is 2.99. The van der Waals surface area contributed by atoms with E-state index in [-0.39, 0.29) is 24.6 Å². The summed E-state index contributed by atoms with van der Waals surface area (Å²) in [5, 5.41) is 18.5. The Morgan fingerprint density at radius 1 is 1.33 bits per heavy atom. The second-order valence-electron chi connectivity index (χ2n) is 4.00. The number of carbonyl (C=O) groups excluding carboxylic acids is 1. The Hall–Kier alpha value is -1.08. The molecule has 18 heavy (non-hydrogen) atoms. The molecule has 1 amide bonds. The average molecular weight is 379 g/mol. The lowest BCUT2D eigenvalue weighted by atomic mass is 10.1. The lowest BCUT2D eigenvalue weighted by molar-refractivity contribution is -0.141. The molecule has 0 unspecified atom stereocenters. The number of aliphatic carboxylic acids is 1. The van der Waals surface area contributed by atoms with Crippen LogP contribution in [0.1, 0.15) is 6.42 Å². The molecule has 0 saturated carbocycles. The molecule has 1 aromatic carbocycles. The number of anilines is 1. The first kappa shape index (κ1) is 13.4. The first-order chi connectivity index (χ1) is 8.40. The number of carbonyl (C=O) groups is 2. The normalized spacial score (nSPS) is 19.3. The third kappa shape index (κ3) is 2.37. The van der Waals surface area contributed by atoms with Crippen molar-refractivity contribution in [3.8, 4) is 5.75 Å². The second-order valence-corrected chi connectivity index (χ2v) is 5.71. The maximum Gasteiger partial charge on any atom is 0.308 e. The number of hydrogen-bond donors (Lipinski definition) is 2. The van der Waals surface area contributed by atoms with E-state index in [2.05, 4.69) is 31.9 Å². The Morgan fingerprint density at radius 2 is 1.89 bits per heavy atom. The highest BCUT2D eigenvalue weighted by Crippen LogP contribution is 2.38. The number of carboxylic acid groups (broad SMARTS) is 1. The van der Waals surface area contributed by atoms with Crippen LogP contribution in [0.3, 0.4) is 0 Å². The lowest BCUT2D eigenvalue weighted by Crippen LogP contribution is -2.25. The zero-order chi connectivity index (χ0) is 13.4. The van der Waals surface area contributed by atoms with Crippen molar-refractivity contribution in [1.29, 1.82) is 0 Å². The minimum Gasteiger partial charge on any atom is -0.506 e. The fraction of sp³-hybridized carbons (Fsp3) is 0.273. The monoisotopic (exact) mass is 377 g/mol. The molecular weight excluding hydrogens is 370 g/mol. The average Bonchev–Trinajstić information content (AvgIpc) is 2.68. The quantitative estimate of drug-likeness (QED) is 0.828. The van der Waals surface area contributed by atoms with Gasteiger partial charge in [-0.2, -0.15) is 0 Å². The predicted octanol–water partition coefficient (Wildman–Crippen LogP) is 2.35. The Balaban J connectivity index is 2.33. The molecule has 96 valence electrons. The summed E-state index contributed by atoms with van der Waals surface area (Å²) < 4.78 is 0.886. The minimum atomic E-state index is -0.970. The van der Waals surface area contributed by atoms with E-state index in [4.69, 9.17) is 5.11 Å². The predicted molar refractivity (Wildman–Crippen MR) is 71.6 cm³/mol. The van der Waals surface area contributed by atoms with Crippen molar-refractivity contribution in [2.75, 3.05) is 11.4 Å². The van der Waals surface area contributed by atoms with E-state index in [9.17, 15) is 14.7 Å². The summed E-state index contributed by atoms with van der Waals surface area (Å²) >= 11 is 6.35. The van der Waals surface area contributed by atoms with Gasteiger partial charge in [0.15, 0.2) is 0 Å². The van der Waals surface area contributed by atoms with Gasteiger partial charge in [0.05, 0.1) is 14.9 Å². The third-order valence-corrected chi connectivity index (χ3v) is 4.00. The van der Waals surface area contributed by atoms with Gasteiger partial charge in [-0.15, -0.1) is 0 Å². The first-order valence-corrected chi connectivity index (χ1v) is 6.70. The SMILES string of the molecule is O=C(O)[C@H]1CC(=O)N(c2cc(Br)c(O)c(Br)c2)C1. The smallest absolute Gasteiger partial charge is 0.308 e. The van der Waals surface area contributed by atoms with Crippen LogP contribution in [-0.4, -0.2) is 28.6 Å². The summed E-state index contributed by atoms with van der Waals surface area (Å²) in [5.41, 5.74) is 0.556. The van der Waals surface area contributed by atoms with Crippen LogP contribution in [0.4, 0.5) is 5.69 Å². The highest BCUT2D eigenvalue weighted by Gasteiger charge is 2.35. The van der Waals surface area contributed by atoms with Crippen molar-refractivity contribution in [3.63, 3.8) is 0 Å². The summed E-state index contributed by atoms with van der Waals surface area (Å²) in [6.45, 7) is 0.151. The molecule has 2 N–H and O–H groups in total. The van der Waals surface area contributed by atoms with E-state index >= 15 is 0 Å². The van der Waals surface area contributed by atoms with Gasteiger partial charge in [0.2, 0.25) is 5.91 Å². The third-order valence-electron chi connectivity index (χ3n) is 2.79. The molecule has 1 heterocycles. The van der Waals surface area contributed by atoms with Gasteiger partial charge in [-0.05, 0) is 44.0 Å². The maximum absolute atomic E-state index is 11.8. The number of halogens is 2. The lowest BCUT2D eigenvalue weighted by Gasteiger charge is -2.17. The minimum absolute atomic E-state index is 0.00540. The molecule has 1 fully saturated rings. The van der Waals surface area contributed by atoms with E-state index in [0.717, 1.165) is 0 Å². The van der Waals surface area contributed by atoms with Gasteiger partial charge in [-0.25, -0.2) is 0 Å². The Kier molecular flexibility index (Phi) is 3.63. The summed E-state index contributed by atoms with van der Waals surface area (Å²) in [6, 6.07) is 3.17. The van der Waals surface area contributed by atoms with Gasteiger partial charge in [0.25, 0.3) is 0 Å².